The SMILES string of the molecule is Cc1ccc(S(=O)(=O)N2CCCC3(CCC(=O)N(C4CC4)C3)C2)cc1C. The van der Waals surface area contributed by atoms with E-state index in [0.29, 0.717) is 30.4 Å². The average Bonchev–Trinajstić information content (AvgIpc) is 3.45. The molecule has 26 heavy (non-hydrogen) atoms. The van der Waals surface area contributed by atoms with Crippen molar-refractivity contribution in [2.75, 3.05) is 19.6 Å². The van der Waals surface area contributed by atoms with E-state index in [4.69, 9.17) is 0 Å². The maximum atomic E-state index is 13.2. The largest absolute Gasteiger partial charge is 0.339 e. The zero-order valence-electron chi connectivity index (χ0n) is 15.7. The van der Waals surface area contributed by atoms with Gasteiger partial charge in [0, 0.05) is 37.5 Å². The van der Waals surface area contributed by atoms with E-state index < -0.39 is 10.0 Å². The lowest BCUT2D eigenvalue weighted by molar-refractivity contribution is -0.139. The van der Waals surface area contributed by atoms with Crippen LogP contribution in [0.15, 0.2) is 23.1 Å². The fraction of sp³-hybridized carbons (Fsp3) is 0.650. The number of carbonyl (C=O) groups excluding carboxylic acids is 1. The first-order chi connectivity index (χ1) is 12.3. The molecule has 142 valence electrons. The van der Waals surface area contributed by atoms with E-state index in [1.807, 2.05) is 24.8 Å². The summed E-state index contributed by atoms with van der Waals surface area (Å²) in [7, 11) is -3.48. The number of piperidine rings is 2. The zero-order valence-corrected chi connectivity index (χ0v) is 16.5. The van der Waals surface area contributed by atoms with Gasteiger partial charge in [0.15, 0.2) is 0 Å². The Bertz CT molecular complexity index is 831. The minimum absolute atomic E-state index is 0.0679. The van der Waals surface area contributed by atoms with Gasteiger partial charge in [-0.05, 0) is 69.2 Å². The summed E-state index contributed by atoms with van der Waals surface area (Å²) in [6.45, 7) is 5.79. The molecule has 2 saturated heterocycles. The highest BCUT2D eigenvalue weighted by Crippen LogP contribution is 2.43. The Labute approximate surface area is 156 Å². The van der Waals surface area contributed by atoms with Crippen LogP contribution in [0.1, 0.15) is 49.7 Å². The van der Waals surface area contributed by atoms with E-state index in [9.17, 15) is 13.2 Å². The Morgan fingerprint density at radius 1 is 1.08 bits per heavy atom. The van der Waals surface area contributed by atoms with Crippen LogP contribution in [0.5, 0.6) is 0 Å². The van der Waals surface area contributed by atoms with Gasteiger partial charge < -0.3 is 4.90 Å². The molecule has 1 amide bonds. The fourth-order valence-electron chi connectivity index (χ4n) is 4.49. The third-order valence-electron chi connectivity index (χ3n) is 6.43. The molecule has 3 fully saturated rings. The molecular formula is C20H28N2O3S. The third kappa shape index (κ3) is 3.18. The summed E-state index contributed by atoms with van der Waals surface area (Å²) in [5, 5.41) is 0. The molecule has 0 radical (unpaired) electrons. The van der Waals surface area contributed by atoms with E-state index in [2.05, 4.69) is 0 Å². The van der Waals surface area contributed by atoms with Crippen molar-refractivity contribution in [1.82, 2.24) is 9.21 Å². The van der Waals surface area contributed by atoms with Gasteiger partial charge in [0.25, 0.3) is 0 Å². The molecule has 0 N–H and O–H groups in total. The Morgan fingerprint density at radius 3 is 2.54 bits per heavy atom. The highest BCUT2D eigenvalue weighted by Gasteiger charge is 2.47. The van der Waals surface area contributed by atoms with E-state index in [0.717, 1.165) is 49.8 Å². The van der Waals surface area contributed by atoms with Crippen molar-refractivity contribution in [2.45, 2.75) is 63.3 Å². The van der Waals surface area contributed by atoms with E-state index >= 15 is 0 Å². The van der Waals surface area contributed by atoms with Crippen molar-refractivity contribution in [3.63, 3.8) is 0 Å². The number of benzene rings is 1. The van der Waals surface area contributed by atoms with E-state index in [1.54, 1.807) is 16.4 Å². The number of likely N-dealkylation sites (tertiary alicyclic amines) is 1. The Kier molecular flexibility index (Phi) is 4.39. The molecule has 2 heterocycles. The van der Waals surface area contributed by atoms with E-state index in [1.165, 1.54) is 0 Å². The molecule has 2 aliphatic heterocycles. The van der Waals surface area contributed by atoms with Crippen LogP contribution in [0.2, 0.25) is 0 Å². The zero-order chi connectivity index (χ0) is 18.5. The summed E-state index contributed by atoms with van der Waals surface area (Å²) < 4.78 is 28.1. The van der Waals surface area contributed by atoms with Gasteiger partial charge in [0.1, 0.15) is 0 Å². The van der Waals surface area contributed by atoms with Crippen molar-refractivity contribution >= 4 is 15.9 Å². The van der Waals surface area contributed by atoms with Crippen molar-refractivity contribution in [1.29, 1.82) is 0 Å². The molecule has 1 aromatic rings. The lowest BCUT2D eigenvalue weighted by Gasteiger charge is -2.48. The highest BCUT2D eigenvalue weighted by molar-refractivity contribution is 7.89. The number of hydrogen-bond donors (Lipinski definition) is 0. The molecule has 1 aromatic carbocycles. The minimum atomic E-state index is -3.48. The number of nitrogens with zero attached hydrogens (tertiary/aromatic N) is 2. The lowest BCUT2D eigenvalue weighted by atomic mass is 9.74. The minimum Gasteiger partial charge on any atom is -0.339 e. The van der Waals surface area contributed by atoms with E-state index in [-0.39, 0.29) is 11.3 Å². The van der Waals surface area contributed by atoms with Crippen LogP contribution in [0.25, 0.3) is 0 Å². The van der Waals surface area contributed by atoms with Crippen molar-refractivity contribution < 1.29 is 13.2 Å². The number of carbonyl (C=O) groups is 1. The third-order valence-corrected chi connectivity index (χ3v) is 8.27. The Morgan fingerprint density at radius 2 is 1.85 bits per heavy atom. The van der Waals surface area contributed by atoms with Crippen LogP contribution < -0.4 is 0 Å². The maximum Gasteiger partial charge on any atom is 0.243 e. The molecule has 3 aliphatic rings. The monoisotopic (exact) mass is 376 g/mol. The molecule has 1 aliphatic carbocycles. The maximum absolute atomic E-state index is 13.2. The van der Waals surface area contributed by atoms with Crippen LogP contribution in [-0.4, -0.2) is 49.2 Å². The molecule has 1 unspecified atom stereocenters. The highest BCUT2D eigenvalue weighted by atomic mass is 32.2. The molecule has 1 spiro atoms. The molecular weight excluding hydrogens is 348 g/mol. The van der Waals surface area contributed by atoms with Crippen molar-refractivity contribution in [2.24, 2.45) is 5.41 Å². The van der Waals surface area contributed by atoms with Crippen LogP contribution >= 0.6 is 0 Å². The summed E-state index contributed by atoms with van der Waals surface area (Å²) in [5.74, 6) is 0.257. The number of rotatable bonds is 3. The molecule has 5 nitrogen and oxygen atoms in total. The average molecular weight is 377 g/mol. The van der Waals surface area contributed by atoms with Gasteiger partial charge in [-0.2, -0.15) is 4.31 Å². The number of sulfonamides is 1. The topological polar surface area (TPSA) is 57.7 Å². The molecule has 1 saturated carbocycles. The Hall–Kier alpha value is -1.40. The summed E-state index contributed by atoms with van der Waals surface area (Å²) in [6.07, 6.45) is 5.47. The normalized spacial score (nSPS) is 27.9. The van der Waals surface area contributed by atoms with Crippen LogP contribution in [0, 0.1) is 19.3 Å². The van der Waals surface area contributed by atoms with Crippen LogP contribution in [0.4, 0.5) is 0 Å². The molecule has 0 bridgehead atoms. The van der Waals surface area contributed by atoms with Gasteiger partial charge in [-0.3, -0.25) is 4.79 Å². The summed E-state index contributed by atoms with van der Waals surface area (Å²) in [6, 6.07) is 5.80. The fourth-order valence-corrected chi connectivity index (χ4v) is 6.16. The van der Waals surface area contributed by atoms with Gasteiger partial charge in [-0.1, -0.05) is 6.07 Å². The standard InChI is InChI=1S/C20H28N2O3S/c1-15-4-7-18(12-16(15)2)26(24,25)21-11-3-9-20(13-21)10-8-19(23)22(14-20)17-5-6-17/h4,7,12,17H,3,5-6,8-11,13-14H2,1-2H3. The molecule has 4 rings (SSSR count). The van der Waals surface area contributed by atoms with Gasteiger partial charge in [-0.15, -0.1) is 0 Å². The Balaban J connectivity index is 1.57. The molecule has 6 heteroatoms. The quantitative estimate of drug-likeness (QED) is 0.815. The summed E-state index contributed by atoms with van der Waals surface area (Å²) in [4.78, 5) is 14.7. The smallest absolute Gasteiger partial charge is 0.243 e. The molecule has 1 atom stereocenters. The van der Waals surface area contributed by atoms with Crippen LogP contribution in [-0.2, 0) is 14.8 Å². The number of aryl methyl sites for hydroxylation is 2. The van der Waals surface area contributed by atoms with Gasteiger partial charge >= 0.3 is 0 Å². The number of amides is 1. The summed E-state index contributed by atoms with van der Waals surface area (Å²) in [5.41, 5.74) is 2.03. The summed E-state index contributed by atoms with van der Waals surface area (Å²) >= 11 is 0. The molecule has 0 aromatic heterocycles. The van der Waals surface area contributed by atoms with Gasteiger partial charge in [-0.25, -0.2) is 8.42 Å². The van der Waals surface area contributed by atoms with Crippen molar-refractivity contribution in [3.05, 3.63) is 29.3 Å². The second-order valence-electron chi connectivity index (χ2n) is 8.44. The second kappa shape index (κ2) is 6.34. The number of hydrogen-bond acceptors (Lipinski definition) is 3. The first kappa shape index (κ1) is 18.0. The van der Waals surface area contributed by atoms with Gasteiger partial charge in [0.2, 0.25) is 15.9 Å². The first-order valence-corrected chi connectivity index (χ1v) is 11.1. The first-order valence-electron chi connectivity index (χ1n) is 9.68. The predicted octanol–water partition coefficient (Wildman–Crippen LogP) is 2.86. The second-order valence-corrected chi connectivity index (χ2v) is 10.4. The van der Waals surface area contributed by atoms with Gasteiger partial charge in [0.05, 0.1) is 4.90 Å². The van der Waals surface area contributed by atoms with Crippen LogP contribution in [0.3, 0.4) is 0 Å². The van der Waals surface area contributed by atoms with Crippen molar-refractivity contribution in [3.8, 4) is 0 Å². The lowest BCUT2D eigenvalue weighted by Crippen LogP contribution is -2.55. The predicted molar refractivity (Wildman–Crippen MR) is 100 cm³/mol.